The Kier molecular flexibility index (Phi) is 3.76. The Bertz CT molecular complexity index is 690. The van der Waals surface area contributed by atoms with Gasteiger partial charge in [-0.05, 0) is 65.5 Å². The van der Waals surface area contributed by atoms with Gasteiger partial charge in [0.15, 0.2) is 0 Å². The van der Waals surface area contributed by atoms with Gasteiger partial charge in [0.05, 0.1) is 7.11 Å². The van der Waals surface area contributed by atoms with Crippen LogP contribution in [0.2, 0.25) is 0 Å². The van der Waals surface area contributed by atoms with Crippen molar-refractivity contribution in [3.63, 3.8) is 0 Å². The van der Waals surface area contributed by atoms with Crippen LogP contribution in [0, 0.1) is 6.92 Å². The summed E-state index contributed by atoms with van der Waals surface area (Å²) < 4.78 is 8.17. The molecular weight excluding hydrogens is 332 g/mol. The highest BCUT2D eigenvalue weighted by atomic mass is 79.9. The third-order valence-electron chi connectivity index (χ3n) is 3.67. The molecule has 3 rings (SSSR count). The van der Waals surface area contributed by atoms with Gasteiger partial charge in [0.1, 0.15) is 11.4 Å². The fourth-order valence-corrected chi connectivity index (χ4v) is 2.81. The molecule has 1 aliphatic carbocycles. The standard InChI is InChI=1S/C16H17BrN2O2/c1-10-7-13(21-2)5-6-14(10)18-16(20)15-8-11(17)9-19(15)12-3-4-12/h5-9,12H,3-4H2,1-2H3,(H,18,20). The maximum Gasteiger partial charge on any atom is 0.272 e. The van der Waals surface area contributed by atoms with Crippen molar-refractivity contribution in [3.05, 3.63) is 46.2 Å². The topological polar surface area (TPSA) is 43.3 Å². The van der Waals surface area contributed by atoms with Gasteiger partial charge in [-0.2, -0.15) is 0 Å². The second-order valence-corrected chi connectivity index (χ2v) is 6.23. The number of nitrogens with one attached hydrogen (secondary N) is 1. The molecule has 5 heteroatoms. The first-order valence-electron chi connectivity index (χ1n) is 6.92. The molecule has 0 bridgehead atoms. The largest absolute Gasteiger partial charge is 0.497 e. The molecule has 4 nitrogen and oxygen atoms in total. The summed E-state index contributed by atoms with van der Waals surface area (Å²) in [6.07, 6.45) is 4.26. The van der Waals surface area contributed by atoms with E-state index < -0.39 is 0 Å². The van der Waals surface area contributed by atoms with Crippen molar-refractivity contribution in [1.82, 2.24) is 4.57 Å². The lowest BCUT2D eigenvalue weighted by molar-refractivity contribution is 0.101. The fraction of sp³-hybridized carbons (Fsp3) is 0.312. The summed E-state index contributed by atoms with van der Waals surface area (Å²) >= 11 is 3.45. The van der Waals surface area contributed by atoms with E-state index in [0.29, 0.717) is 11.7 Å². The summed E-state index contributed by atoms with van der Waals surface area (Å²) in [6.45, 7) is 1.95. The number of ether oxygens (including phenoxy) is 1. The maximum atomic E-state index is 12.5. The Morgan fingerprint density at radius 3 is 2.76 bits per heavy atom. The number of hydrogen-bond acceptors (Lipinski definition) is 2. The number of benzene rings is 1. The normalized spacial score (nSPS) is 14.0. The van der Waals surface area contributed by atoms with Crippen LogP contribution in [0.1, 0.15) is 34.9 Å². The van der Waals surface area contributed by atoms with Gasteiger partial charge in [-0.15, -0.1) is 0 Å². The number of anilines is 1. The van der Waals surface area contributed by atoms with Gasteiger partial charge in [0, 0.05) is 22.4 Å². The lowest BCUT2D eigenvalue weighted by Crippen LogP contribution is -2.16. The molecule has 1 fully saturated rings. The number of aryl methyl sites for hydroxylation is 1. The number of halogens is 1. The molecule has 1 aliphatic rings. The molecule has 0 atom stereocenters. The second-order valence-electron chi connectivity index (χ2n) is 5.32. The first-order chi connectivity index (χ1) is 10.1. The van der Waals surface area contributed by atoms with E-state index in [1.165, 1.54) is 0 Å². The van der Waals surface area contributed by atoms with Gasteiger partial charge in [-0.3, -0.25) is 4.79 Å². The third-order valence-corrected chi connectivity index (χ3v) is 4.10. The molecule has 21 heavy (non-hydrogen) atoms. The molecule has 0 aliphatic heterocycles. The summed E-state index contributed by atoms with van der Waals surface area (Å²) in [4.78, 5) is 12.5. The van der Waals surface area contributed by atoms with Crippen LogP contribution in [0.15, 0.2) is 34.9 Å². The molecular formula is C16H17BrN2O2. The minimum absolute atomic E-state index is 0.0825. The molecule has 1 saturated carbocycles. The SMILES string of the molecule is COc1ccc(NC(=O)c2cc(Br)cn2C2CC2)c(C)c1. The number of carbonyl (C=O) groups excluding carboxylic acids is 1. The number of hydrogen-bond donors (Lipinski definition) is 1. The van der Waals surface area contributed by atoms with Crippen molar-refractivity contribution >= 4 is 27.5 Å². The molecule has 0 spiro atoms. The zero-order valence-corrected chi connectivity index (χ0v) is 13.6. The van der Waals surface area contributed by atoms with E-state index in [1.807, 2.05) is 37.4 Å². The summed E-state index contributed by atoms with van der Waals surface area (Å²) in [5.41, 5.74) is 2.48. The van der Waals surface area contributed by atoms with Crippen molar-refractivity contribution < 1.29 is 9.53 Å². The second kappa shape index (κ2) is 5.56. The molecule has 110 valence electrons. The minimum Gasteiger partial charge on any atom is -0.497 e. The van der Waals surface area contributed by atoms with Gasteiger partial charge < -0.3 is 14.6 Å². The van der Waals surface area contributed by atoms with Gasteiger partial charge in [0.2, 0.25) is 0 Å². The maximum absolute atomic E-state index is 12.5. The zero-order chi connectivity index (χ0) is 15.0. The van der Waals surface area contributed by atoms with E-state index in [9.17, 15) is 4.79 Å². The molecule has 2 aromatic rings. The number of rotatable bonds is 4. The van der Waals surface area contributed by atoms with Gasteiger partial charge in [0.25, 0.3) is 5.91 Å². The lowest BCUT2D eigenvalue weighted by atomic mass is 10.2. The van der Waals surface area contributed by atoms with Gasteiger partial charge >= 0.3 is 0 Å². The van der Waals surface area contributed by atoms with Crippen molar-refractivity contribution in [3.8, 4) is 5.75 Å². The van der Waals surface area contributed by atoms with Crippen molar-refractivity contribution in [2.45, 2.75) is 25.8 Å². The number of aromatic nitrogens is 1. The Balaban J connectivity index is 1.83. The van der Waals surface area contributed by atoms with Crippen molar-refractivity contribution in [2.24, 2.45) is 0 Å². The number of nitrogens with zero attached hydrogens (tertiary/aromatic N) is 1. The molecule has 0 unspecified atom stereocenters. The lowest BCUT2D eigenvalue weighted by Gasteiger charge is -2.11. The van der Waals surface area contributed by atoms with E-state index in [-0.39, 0.29) is 5.91 Å². The molecule has 0 saturated heterocycles. The smallest absolute Gasteiger partial charge is 0.272 e. The van der Waals surface area contributed by atoms with Crippen LogP contribution in [0.4, 0.5) is 5.69 Å². The first kappa shape index (κ1) is 14.2. The first-order valence-corrected chi connectivity index (χ1v) is 7.71. The monoisotopic (exact) mass is 348 g/mol. The molecule has 1 aromatic heterocycles. The molecule has 1 heterocycles. The molecule has 1 amide bonds. The van der Waals surface area contributed by atoms with Crippen LogP contribution >= 0.6 is 15.9 Å². The van der Waals surface area contributed by atoms with Gasteiger partial charge in [-0.1, -0.05) is 0 Å². The number of methoxy groups -OCH3 is 1. The summed E-state index contributed by atoms with van der Waals surface area (Å²) in [5, 5.41) is 2.98. The van der Waals surface area contributed by atoms with Crippen molar-refractivity contribution in [2.75, 3.05) is 12.4 Å². The Labute approximate surface area is 132 Å². The number of carbonyl (C=O) groups is 1. The predicted octanol–water partition coefficient (Wildman–Crippen LogP) is 4.15. The Hall–Kier alpha value is -1.75. The summed E-state index contributed by atoms with van der Waals surface area (Å²) in [5.74, 6) is 0.704. The molecule has 0 radical (unpaired) electrons. The highest BCUT2D eigenvalue weighted by Crippen LogP contribution is 2.37. The van der Waals surface area contributed by atoms with E-state index >= 15 is 0 Å². The van der Waals surface area contributed by atoms with Crippen molar-refractivity contribution in [1.29, 1.82) is 0 Å². The molecule has 1 aromatic carbocycles. The van der Waals surface area contributed by atoms with Crippen LogP contribution in [0.25, 0.3) is 0 Å². The zero-order valence-electron chi connectivity index (χ0n) is 12.0. The van der Waals surface area contributed by atoms with Gasteiger partial charge in [-0.25, -0.2) is 0 Å². The van der Waals surface area contributed by atoms with Crippen LogP contribution in [-0.4, -0.2) is 17.6 Å². The summed E-state index contributed by atoms with van der Waals surface area (Å²) in [6, 6.07) is 7.95. The average molecular weight is 349 g/mol. The van der Waals surface area contributed by atoms with Crippen LogP contribution < -0.4 is 10.1 Å². The number of amides is 1. The van der Waals surface area contributed by atoms with E-state index in [2.05, 4.69) is 25.8 Å². The highest BCUT2D eigenvalue weighted by molar-refractivity contribution is 9.10. The predicted molar refractivity (Wildman–Crippen MR) is 86.1 cm³/mol. The van der Waals surface area contributed by atoms with Crippen LogP contribution in [0.3, 0.4) is 0 Å². The van der Waals surface area contributed by atoms with Crippen LogP contribution in [-0.2, 0) is 0 Å². The van der Waals surface area contributed by atoms with E-state index in [0.717, 1.165) is 34.3 Å². The molecule has 1 N–H and O–H groups in total. The minimum atomic E-state index is -0.0825. The quantitative estimate of drug-likeness (QED) is 0.901. The highest BCUT2D eigenvalue weighted by Gasteiger charge is 2.27. The van der Waals surface area contributed by atoms with E-state index in [4.69, 9.17) is 4.74 Å². The third kappa shape index (κ3) is 2.97. The summed E-state index contributed by atoms with van der Waals surface area (Å²) in [7, 11) is 1.63. The van der Waals surface area contributed by atoms with Crippen LogP contribution in [0.5, 0.6) is 5.75 Å². The average Bonchev–Trinajstić information content (AvgIpc) is 3.23. The van der Waals surface area contributed by atoms with E-state index in [1.54, 1.807) is 7.11 Å². The fourth-order valence-electron chi connectivity index (χ4n) is 2.37. The Morgan fingerprint density at radius 1 is 1.38 bits per heavy atom. The Morgan fingerprint density at radius 2 is 2.14 bits per heavy atom.